The molecule has 0 aromatic heterocycles. The van der Waals surface area contributed by atoms with Crippen molar-refractivity contribution in [3.63, 3.8) is 0 Å². The Balaban J connectivity index is 2.70. The molecule has 100 valence electrons. The lowest BCUT2D eigenvalue weighted by atomic mass is 10.3. The van der Waals surface area contributed by atoms with E-state index in [-0.39, 0.29) is 11.8 Å². The lowest BCUT2D eigenvalue weighted by molar-refractivity contribution is -0.115. The molecule has 0 unspecified atom stereocenters. The van der Waals surface area contributed by atoms with Gasteiger partial charge in [-0.2, -0.15) is 13.2 Å². The molecule has 1 N–H and O–H groups in total. The van der Waals surface area contributed by atoms with Crippen LogP contribution in [0, 0.1) is 0 Å². The second kappa shape index (κ2) is 6.29. The molecule has 0 spiro atoms. The van der Waals surface area contributed by atoms with E-state index < -0.39 is 16.7 Å². The first kappa shape index (κ1) is 15.8. The molecule has 0 aliphatic heterocycles. The van der Waals surface area contributed by atoms with Gasteiger partial charge in [0.15, 0.2) is 0 Å². The third-order valence-corrected chi connectivity index (χ3v) is 3.85. The summed E-state index contributed by atoms with van der Waals surface area (Å²) < 4.78 is 37.7. The van der Waals surface area contributed by atoms with Gasteiger partial charge in [-0.15, -0.1) is 0 Å². The van der Waals surface area contributed by atoms with E-state index in [1.165, 1.54) is 6.92 Å². The Labute approximate surface area is 123 Å². The number of hydrogen-bond donors (Lipinski definition) is 1. The maximum absolute atomic E-state index is 12.1. The smallest absolute Gasteiger partial charge is 0.324 e. The van der Waals surface area contributed by atoms with E-state index in [0.717, 1.165) is 4.47 Å². The second-order valence-corrected chi connectivity index (χ2v) is 6.49. The van der Waals surface area contributed by atoms with Crippen molar-refractivity contribution in [2.24, 2.45) is 0 Å². The molecule has 0 aliphatic rings. The predicted octanol–water partition coefficient (Wildman–Crippen LogP) is 4.79. The number of carbonyl (C=O) groups is 1. The minimum Gasteiger partial charge on any atom is -0.324 e. The molecule has 1 atom stereocenters. The van der Waals surface area contributed by atoms with Crippen LogP contribution in [0.15, 0.2) is 27.1 Å². The zero-order valence-electron chi connectivity index (χ0n) is 9.02. The van der Waals surface area contributed by atoms with Gasteiger partial charge in [0.2, 0.25) is 5.91 Å². The van der Waals surface area contributed by atoms with Crippen LogP contribution in [0.1, 0.15) is 6.92 Å². The number of benzene rings is 1. The van der Waals surface area contributed by atoms with Crippen LogP contribution in [0.5, 0.6) is 0 Å². The quantitative estimate of drug-likeness (QED) is 0.781. The van der Waals surface area contributed by atoms with Gasteiger partial charge in [0.25, 0.3) is 0 Å². The van der Waals surface area contributed by atoms with Crippen molar-refractivity contribution in [2.45, 2.75) is 17.7 Å². The number of alkyl halides is 3. The van der Waals surface area contributed by atoms with E-state index in [4.69, 9.17) is 0 Å². The number of halogens is 5. The molecule has 1 rings (SSSR count). The van der Waals surface area contributed by atoms with Crippen molar-refractivity contribution in [1.82, 2.24) is 0 Å². The minimum atomic E-state index is -4.42. The van der Waals surface area contributed by atoms with Gasteiger partial charge in [0, 0.05) is 8.95 Å². The summed E-state index contributed by atoms with van der Waals surface area (Å²) in [4.78, 5) is 11.6. The van der Waals surface area contributed by atoms with Gasteiger partial charge in [0.05, 0.1) is 10.9 Å². The van der Waals surface area contributed by atoms with E-state index >= 15 is 0 Å². The van der Waals surface area contributed by atoms with Crippen LogP contribution in [0.2, 0.25) is 0 Å². The molecule has 0 saturated heterocycles. The number of carbonyl (C=O) groups excluding carboxylic acids is 1. The first-order valence-corrected chi connectivity index (χ1v) is 7.16. The highest BCUT2D eigenvalue weighted by atomic mass is 79.9. The van der Waals surface area contributed by atoms with E-state index in [0.29, 0.717) is 10.2 Å². The summed E-state index contributed by atoms with van der Waals surface area (Å²) in [5, 5.41) is 1.22. The van der Waals surface area contributed by atoms with Crippen LogP contribution >= 0.6 is 43.6 Å². The molecular formula is C10H8Br2F3NOS. The largest absolute Gasteiger partial charge is 0.442 e. The summed E-state index contributed by atoms with van der Waals surface area (Å²) in [7, 11) is 0. The molecule has 0 aliphatic carbocycles. The summed E-state index contributed by atoms with van der Waals surface area (Å²) in [5.41, 5.74) is -3.99. The molecule has 1 aromatic rings. The normalized spacial score (nSPS) is 13.2. The average molecular weight is 407 g/mol. The summed E-state index contributed by atoms with van der Waals surface area (Å²) >= 11 is 6.10. The fourth-order valence-corrected chi connectivity index (χ4v) is 2.79. The van der Waals surface area contributed by atoms with Crippen molar-refractivity contribution in [2.75, 3.05) is 5.32 Å². The van der Waals surface area contributed by atoms with Gasteiger partial charge in [-0.25, -0.2) is 0 Å². The molecule has 1 aromatic carbocycles. The van der Waals surface area contributed by atoms with Gasteiger partial charge in [0.1, 0.15) is 0 Å². The van der Waals surface area contributed by atoms with Gasteiger partial charge in [-0.05, 0) is 52.8 Å². The Morgan fingerprint density at radius 1 is 1.39 bits per heavy atom. The third-order valence-electron chi connectivity index (χ3n) is 1.87. The van der Waals surface area contributed by atoms with Crippen molar-refractivity contribution in [3.8, 4) is 0 Å². The monoisotopic (exact) mass is 405 g/mol. The van der Waals surface area contributed by atoms with E-state index in [2.05, 4.69) is 37.2 Å². The maximum atomic E-state index is 12.1. The van der Waals surface area contributed by atoms with Crippen LogP contribution in [-0.4, -0.2) is 16.7 Å². The van der Waals surface area contributed by atoms with E-state index in [1.807, 2.05) is 0 Å². The van der Waals surface area contributed by atoms with Gasteiger partial charge in [-0.1, -0.05) is 15.9 Å². The van der Waals surface area contributed by atoms with Crippen molar-refractivity contribution >= 4 is 55.2 Å². The van der Waals surface area contributed by atoms with E-state index in [9.17, 15) is 18.0 Å². The Bertz CT molecular complexity index is 453. The maximum Gasteiger partial charge on any atom is 0.442 e. The van der Waals surface area contributed by atoms with Gasteiger partial charge in [-0.3, -0.25) is 4.79 Å². The summed E-state index contributed by atoms with van der Waals surface area (Å²) in [5.74, 6) is -0.694. The lowest BCUT2D eigenvalue weighted by Gasteiger charge is -2.14. The van der Waals surface area contributed by atoms with Crippen LogP contribution in [0.3, 0.4) is 0 Å². The molecule has 0 fully saturated rings. The van der Waals surface area contributed by atoms with Gasteiger partial charge < -0.3 is 5.32 Å². The van der Waals surface area contributed by atoms with Crippen LogP contribution < -0.4 is 5.32 Å². The Hall–Kier alpha value is -0.210. The van der Waals surface area contributed by atoms with Gasteiger partial charge >= 0.3 is 5.51 Å². The molecule has 0 heterocycles. The third kappa shape index (κ3) is 5.19. The molecular weight excluding hydrogens is 399 g/mol. The van der Waals surface area contributed by atoms with Crippen molar-refractivity contribution < 1.29 is 18.0 Å². The van der Waals surface area contributed by atoms with Crippen molar-refractivity contribution in [3.05, 3.63) is 27.1 Å². The van der Waals surface area contributed by atoms with E-state index in [1.54, 1.807) is 18.2 Å². The highest BCUT2D eigenvalue weighted by molar-refractivity contribution is 9.11. The SMILES string of the molecule is C[C@H](SC(F)(F)F)C(=O)Nc1ccc(Br)cc1Br. The first-order valence-electron chi connectivity index (χ1n) is 4.69. The highest BCUT2D eigenvalue weighted by Gasteiger charge is 2.34. The molecule has 2 nitrogen and oxygen atoms in total. The molecule has 1 amide bonds. The number of thioether (sulfide) groups is 1. The lowest BCUT2D eigenvalue weighted by Crippen LogP contribution is -2.25. The zero-order valence-corrected chi connectivity index (χ0v) is 13.0. The minimum absolute atomic E-state index is 0.344. The molecule has 0 radical (unpaired) electrons. The van der Waals surface area contributed by atoms with Crippen LogP contribution in [-0.2, 0) is 4.79 Å². The summed E-state index contributed by atoms with van der Waals surface area (Å²) in [6.45, 7) is 1.21. The summed E-state index contributed by atoms with van der Waals surface area (Å²) in [6, 6.07) is 4.97. The molecule has 8 heteroatoms. The topological polar surface area (TPSA) is 29.1 Å². The number of anilines is 1. The fraction of sp³-hybridized carbons (Fsp3) is 0.300. The first-order chi connectivity index (χ1) is 8.19. The number of hydrogen-bond acceptors (Lipinski definition) is 2. The Morgan fingerprint density at radius 3 is 2.50 bits per heavy atom. The zero-order chi connectivity index (χ0) is 13.9. The standard InChI is InChI=1S/C10H8Br2F3NOS/c1-5(18-10(13,14)15)9(17)16-8-3-2-6(11)4-7(8)12/h2-5H,1H3,(H,16,17)/t5-/m0/s1. The van der Waals surface area contributed by atoms with Crippen molar-refractivity contribution in [1.29, 1.82) is 0 Å². The molecule has 18 heavy (non-hydrogen) atoms. The Kier molecular flexibility index (Phi) is 5.54. The Morgan fingerprint density at radius 2 is 2.00 bits per heavy atom. The highest BCUT2D eigenvalue weighted by Crippen LogP contribution is 2.34. The molecule has 0 bridgehead atoms. The summed E-state index contributed by atoms with van der Waals surface area (Å²) in [6.07, 6.45) is 0. The number of amides is 1. The van der Waals surface area contributed by atoms with Crippen LogP contribution in [0.25, 0.3) is 0 Å². The van der Waals surface area contributed by atoms with Crippen LogP contribution in [0.4, 0.5) is 18.9 Å². The number of nitrogens with one attached hydrogen (secondary N) is 1. The second-order valence-electron chi connectivity index (χ2n) is 3.32. The number of rotatable bonds is 3. The fourth-order valence-electron chi connectivity index (χ4n) is 1.08. The predicted molar refractivity (Wildman–Crippen MR) is 73.6 cm³/mol. The average Bonchev–Trinajstić information content (AvgIpc) is 2.19. The molecule has 0 saturated carbocycles.